The third kappa shape index (κ3) is 15.7. The summed E-state index contributed by atoms with van der Waals surface area (Å²) < 4.78 is 81.6. The second kappa shape index (κ2) is 21.2. The first-order chi connectivity index (χ1) is 27.5. The van der Waals surface area contributed by atoms with Gasteiger partial charge >= 0.3 is 5.97 Å². The van der Waals surface area contributed by atoms with Crippen molar-refractivity contribution in [2.24, 2.45) is 0 Å². The molecule has 0 N–H and O–H groups in total. The van der Waals surface area contributed by atoms with Crippen molar-refractivity contribution in [2.75, 3.05) is 58.2 Å². The number of aryl methyl sites for hydroxylation is 2. The van der Waals surface area contributed by atoms with E-state index in [-0.39, 0.29) is 37.5 Å². The normalized spacial score (nSPS) is 15.3. The minimum Gasteiger partial charge on any atom is -0.494 e. The zero-order chi connectivity index (χ0) is 43.6. The van der Waals surface area contributed by atoms with Crippen molar-refractivity contribution in [1.82, 2.24) is 4.31 Å². The number of methoxy groups -OCH3 is 1. The predicted octanol–water partition coefficient (Wildman–Crippen LogP) is 8.75. The lowest BCUT2D eigenvalue weighted by atomic mass is 9.90. The lowest BCUT2D eigenvalue weighted by Crippen LogP contribution is -2.39. The average molecular weight is 890 g/mol. The molecule has 59 heavy (non-hydrogen) atoms. The summed E-state index contributed by atoms with van der Waals surface area (Å²) in [4.78, 5) is 12.6. The summed E-state index contributed by atoms with van der Waals surface area (Å²) in [7, 11) is -8.42. The molecule has 0 heterocycles. The van der Waals surface area contributed by atoms with Gasteiger partial charge in [-0.3, -0.25) is 4.79 Å². The number of fused-ring (bicyclic) bond motifs is 1. The number of hydrogen-bond donors (Lipinski definition) is 0. The minimum atomic E-state index is -3.92. The van der Waals surface area contributed by atoms with E-state index in [0.717, 1.165) is 58.5 Å². The third-order valence-corrected chi connectivity index (χ3v) is 16.7. The van der Waals surface area contributed by atoms with Crippen LogP contribution < -0.4 is 9.47 Å². The molecule has 0 bridgehead atoms. The Kier molecular flexibility index (Phi) is 17.4. The number of carbonyl (C=O) groups is 1. The smallest absolute Gasteiger partial charge is 0.306 e. The molecule has 3 aromatic rings. The molecule has 15 heteroatoms. The molecule has 0 spiro atoms. The fourth-order valence-corrected chi connectivity index (χ4v) is 10.8. The molecule has 1 unspecified atom stereocenters. The molecule has 1 aliphatic carbocycles. The van der Waals surface area contributed by atoms with Crippen LogP contribution in [0.5, 0.6) is 11.5 Å². The minimum absolute atomic E-state index is 0.0936. The van der Waals surface area contributed by atoms with E-state index >= 15 is 0 Å². The molecule has 4 rings (SSSR count). The number of hydrogen-bond acceptors (Lipinski definition) is 10. The Morgan fingerprint density at radius 1 is 0.831 bits per heavy atom. The van der Waals surface area contributed by atoms with Crippen molar-refractivity contribution in [1.29, 1.82) is 0 Å². The van der Waals surface area contributed by atoms with Crippen LogP contribution in [-0.4, -0.2) is 101 Å². The Bertz CT molecular complexity index is 2030. The van der Waals surface area contributed by atoms with Crippen LogP contribution in [0.3, 0.4) is 0 Å². The summed E-state index contributed by atoms with van der Waals surface area (Å²) in [6, 6.07) is 19.5. The number of sulfone groups is 1. The van der Waals surface area contributed by atoms with Gasteiger partial charge in [0, 0.05) is 41.5 Å². The van der Waals surface area contributed by atoms with E-state index in [9.17, 15) is 21.6 Å². The van der Waals surface area contributed by atoms with E-state index in [4.69, 9.17) is 23.7 Å². The summed E-state index contributed by atoms with van der Waals surface area (Å²) in [6.45, 7) is 18.7. The van der Waals surface area contributed by atoms with Crippen LogP contribution in [0.2, 0.25) is 51.4 Å². The monoisotopic (exact) mass is 889 g/mol. The highest BCUT2D eigenvalue weighted by molar-refractivity contribution is 7.90. The maximum absolute atomic E-state index is 14.0. The molecular formula is C44H67NO10S2Si2. The molecule has 0 fully saturated rings. The zero-order valence-electron chi connectivity index (χ0n) is 36.9. The van der Waals surface area contributed by atoms with Gasteiger partial charge in [0.1, 0.15) is 40.9 Å². The lowest BCUT2D eigenvalue weighted by molar-refractivity contribution is -0.140. The fourth-order valence-electron chi connectivity index (χ4n) is 7.10. The number of esters is 1. The van der Waals surface area contributed by atoms with E-state index in [2.05, 4.69) is 71.3 Å². The van der Waals surface area contributed by atoms with E-state index in [1.54, 1.807) is 0 Å². The quantitative estimate of drug-likeness (QED) is 0.0372. The van der Waals surface area contributed by atoms with Gasteiger partial charge in [-0.2, -0.15) is 4.31 Å². The number of carbonyl (C=O) groups excluding carboxylic acids is 1. The average Bonchev–Trinajstić information content (AvgIpc) is 3.54. The van der Waals surface area contributed by atoms with Crippen molar-refractivity contribution < 1.29 is 45.3 Å². The van der Waals surface area contributed by atoms with Gasteiger partial charge in [0.05, 0.1) is 31.6 Å². The SMILES string of the molecule is COC(=O)CC(CS(=O)(=O)N(COCC[Si](C)(C)C)COCC[Si](C)(C)C)c1ccc(O[C@@H]2CCc3c(-c4c(C)cc(OCCCS(C)(=O)=O)cc4C)cccc32)cc1. The van der Waals surface area contributed by atoms with Gasteiger partial charge < -0.3 is 23.7 Å². The number of sulfonamides is 1. The highest BCUT2D eigenvalue weighted by Crippen LogP contribution is 2.42. The predicted molar refractivity (Wildman–Crippen MR) is 242 cm³/mol. The van der Waals surface area contributed by atoms with E-state index < -0.39 is 47.9 Å². The molecule has 0 aromatic heterocycles. The first kappa shape index (κ1) is 48.6. The largest absolute Gasteiger partial charge is 0.494 e. The number of rotatable bonds is 24. The van der Waals surface area contributed by atoms with Gasteiger partial charge in [0.2, 0.25) is 10.0 Å². The maximum atomic E-state index is 14.0. The van der Waals surface area contributed by atoms with Gasteiger partial charge in [-0.15, -0.1) is 0 Å². The second-order valence-electron chi connectivity index (χ2n) is 18.3. The van der Waals surface area contributed by atoms with Gasteiger partial charge in [-0.1, -0.05) is 69.6 Å². The molecule has 2 atom stereocenters. The second-order valence-corrected chi connectivity index (χ2v) is 33.8. The molecule has 0 radical (unpaired) electrons. The van der Waals surface area contributed by atoms with Crippen molar-refractivity contribution in [2.45, 2.75) is 103 Å². The van der Waals surface area contributed by atoms with E-state index in [0.29, 0.717) is 37.6 Å². The highest BCUT2D eigenvalue weighted by Gasteiger charge is 2.31. The molecule has 0 amide bonds. The van der Waals surface area contributed by atoms with Crippen molar-refractivity contribution >= 4 is 42.0 Å². The molecule has 328 valence electrons. The first-order valence-electron chi connectivity index (χ1n) is 20.6. The van der Waals surface area contributed by atoms with Crippen LogP contribution in [0.15, 0.2) is 54.6 Å². The molecule has 0 saturated carbocycles. The van der Waals surface area contributed by atoms with Crippen LogP contribution in [0.4, 0.5) is 0 Å². The Morgan fingerprint density at radius 3 is 1.97 bits per heavy atom. The van der Waals surface area contributed by atoms with Crippen LogP contribution >= 0.6 is 0 Å². The Hall–Kier alpha value is -3.06. The molecular weight excluding hydrogens is 823 g/mol. The van der Waals surface area contributed by atoms with Crippen LogP contribution in [0.25, 0.3) is 11.1 Å². The first-order valence-corrected chi connectivity index (χ1v) is 31.6. The number of nitrogens with zero attached hydrogens (tertiary/aromatic N) is 1. The standard InChI is InChI=1S/C44H67NO10S2Si2/c1-33-27-38(54-21-12-24-56(4,47)48)28-34(2)44(33)41-14-11-13-40-39(41)19-20-42(40)55-37-17-15-35(16-18-37)36(29-43(46)51-3)30-57(49,50)45(31-52-22-25-58(5,6)7)32-53-23-26-59(8,9)10/h11,13-18,27-28,36,42H,12,19-26,29-32H2,1-10H3/t36?,42-/m1/s1. The van der Waals surface area contributed by atoms with Gasteiger partial charge in [-0.05, 0) is 108 Å². The number of ether oxygens (including phenoxy) is 5. The van der Waals surface area contributed by atoms with Crippen molar-refractivity contribution in [3.63, 3.8) is 0 Å². The summed E-state index contributed by atoms with van der Waals surface area (Å²) in [5.41, 5.74) is 7.51. The molecule has 0 saturated heterocycles. The Balaban J connectivity index is 1.49. The molecule has 11 nitrogen and oxygen atoms in total. The lowest BCUT2D eigenvalue weighted by Gasteiger charge is -2.26. The topological polar surface area (TPSA) is 135 Å². The Morgan fingerprint density at radius 2 is 1.42 bits per heavy atom. The van der Waals surface area contributed by atoms with Crippen LogP contribution in [-0.2, 0) is 45.3 Å². The summed E-state index contributed by atoms with van der Waals surface area (Å²) in [5.74, 6) is -0.0121. The van der Waals surface area contributed by atoms with Crippen LogP contribution in [0, 0.1) is 13.8 Å². The third-order valence-electron chi connectivity index (χ3n) is 10.5. The fraction of sp³-hybridized carbons (Fsp3) is 0.568. The van der Waals surface area contributed by atoms with Crippen molar-refractivity contribution in [3.05, 3.63) is 82.4 Å². The highest BCUT2D eigenvalue weighted by atomic mass is 32.2. The van der Waals surface area contributed by atoms with Crippen LogP contribution in [0.1, 0.15) is 59.1 Å². The van der Waals surface area contributed by atoms with Gasteiger partial charge in [-0.25, -0.2) is 16.8 Å². The Labute approximate surface area is 356 Å². The molecule has 3 aromatic carbocycles. The summed E-state index contributed by atoms with van der Waals surface area (Å²) >= 11 is 0. The molecule has 0 aliphatic heterocycles. The zero-order valence-corrected chi connectivity index (χ0v) is 40.5. The number of benzene rings is 3. The van der Waals surface area contributed by atoms with E-state index in [1.807, 2.05) is 36.4 Å². The van der Waals surface area contributed by atoms with E-state index in [1.165, 1.54) is 23.2 Å². The van der Waals surface area contributed by atoms with Crippen molar-refractivity contribution in [3.8, 4) is 22.6 Å². The summed E-state index contributed by atoms with van der Waals surface area (Å²) in [6.07, 6.45) is 3.04. The summed E-state index contributed by atoms with van der Waals surface area (Å²) in [5, 5.41) is 0. The maximum Gasteiger partial charge on any atom is 0.306 e. The molecule has 1 aliphatic rings. The van der Waals surface area contributed by atoms with Gasteiger partial charge in [0.25, 0.3) is 0 Å². The van der Waals surface area contributed by atoms with Gasteiger partial charge in [0.15, 0.2) is 0 Å².